The molecule has 1 aromatic carbocycles. The number of hydrogen-bond donors (Lipinski definition) is 3. The summed E-state index contributed by atoms with van der Waals surface area (Å²) in [5, 5.41) is 22.5. The number of carbonyl (C=O) groups excluding carboxylic acids is 2. The van der Waals surface area contributed by atoms with Crippen molar-refractivity contribution in [2.24, 2.45) is 0 Å². The van der Waals surface area contributed by atoms with Crippen molar-refractivity contribution in [2.75, 3.05) is 6.61 Å². The van der Waals surface area contributed by atoms with Crippen LogP contribution in [-0.4, -0.2) is 44.1 Å². The quantitative estimate of drug-likeness (QED) is 0.509. The summed E-state index contributed by atoms with van der Waals surface area (Å²) in [6.45, 7) is 3.14. The van der Waals surface area contributed by atoms with Gasteiger partial charge in [-0.1, -0.05) is 31.9 Å². The van der Waals surface area contributed by atoms with E-state index in [2.05, 4.69) is 5.32 Å². The minimum Gasteiger partial charge on any atom is -0.503 e. The lowest BCUT2D eigenvalue weighted by Gasteiger charge is -2.36. The van der Waals surface area contributed by atoms with Crippen molar-refractivity contribution >= 4 is 11.8 Å². The summed E-state index contributed by atoms with van der Waals surface area (Å²) < 4.78 is 28.3. The van der Waals surface area contributed by atoms with Gasteiger partial charge in [-0.15, -0.1) is 0 Å². The van der Waals surface area contributed by atoms with E-state index in [1.807, 2.05) is 13.0 Å². The largest absolute Gasteiger partial charge is 0.503 e. The van der Waals surface area contributed by atoms with Gasteiger partial charge >= 0.3 is 0 Å². The number of fused-ring (bicyclic) bond motifs is 1. The molecular formula is C24H27F2N3O5. The maximum Gasteiger partial charge on any atom is 0.279 e. The van der Waals surface area contributed by atoms with Crippen molar-refractivity contribution in [1.82, 2.24) is 14.8 Å². The fourth-order valence-electron chi connectivity index (χ4n) is 3.79. The van der Waals surface area contributed by atoms with Crippen molar-refractivity contribution < 1.29 is 28.6 Å². The number of nitrogens with one attached hydrogen (secondary N) is 1. The molecule has 0 radical (unpaired) electrons. The number of amides is 2. The fraction of sp³-hybridized carbons (Fsp3) is 0.375. The Hall–Kier alpha value is -3.53. The van der Waals surface area contributed by atoms with Crippen LogP contribution in [0.3, 0.4) is 0 Å². The first-order valence-corrected chi connectivity index (χ1v) is 11.0. The molecule has 1 aliphatic heterocycles. The molecule has 0 saturated heterocycles. The van der Waals surface area contributed by atoms with E-state index in [-0.39, 0.29) is 31.0 Å². The van der Waals surface area contributed by atoms with Gasteiger partial charge in [0.1, 0.15) is 17.2 Å². The summed E-state index contributed by atoms with van der Waals surface area (Å²) >= 11 is 0. The molecule has 2 heterocycles. The molecule has 0 aliphatic carbocycles. The Morgan fingerprint density at radius 1 is 1.29 bits per heavy atom. The van der Waals surface area contributed by atoms with Gasteiger partial charge in [0.25, 0.3) is 11.8 Å². The smallest absolute Gasteiger partial charge is 0.279 e. The number of rotatable bonds is 8. The lowest BCUT2D eigenvalue weighted by Crippen LogP contribution is -2.46. The molecule has 0 saturated carbocycles. The number of pyridine rings is 1. The number of carbonyl (C=O) groups is 2. The number of aliphatic hydroxyl groups excluding tert-OH is 1. The number of allylic oxidation sites excluding steroid dienone is 2. The third kappa shape index (κ3) is 5.01. The highest BCUT2D eigenvalue weighted by Crippen LogP contribution is 2.28. The zero-order chi connectivity index (χ0) is 25.0. The average molecular weight is 475 g/mol. The van der Waals surface area contributed by atoms with E-state index in [1.165, 1.54) is 21.7 Å². The predicted octanol–water partition coefficient (Wildman–Crippen LogP) is 2.67. The van der Waals surface area contributed by atoms with Crippen molar-refractivity contribution in [3.05, 3.63) is 74.8 Å². The van der Waals surface area contributed by atoms with E-state index < -0.39 is 46.2 Å². The zero-order valence-corrected chi connectivity index (χ0v) is 19.0. The van der Waals surface area contributed by atoms with Gasteiger partial charge in [0.15, 0.2) is 11.4 Å². The Labute approximate surface area is 195 Å². The highest BCUT2D eigenvalue weighted by molar-refractivity contribution is 6.00. The third-order valence-electron chi connectivity index (χ3n) is 5.66. The molecule has 0 bridgehead atoms. The second kappa shape index (κ2) is 10.6. The monoisotopic (exact) mass is 475 g/mol. The van der Waals surface area contributed by atoms with Crippen LogP contribution in [0, 0.1) is 11.6 Å². The number of aromatic nitrogens is 1. The number of aromatic hydroxyl groups is 1. The average Bonchev–Trinajstić information content (AvgIpc) is 2.80. The standard InChI is InChI=1S/C24H27F2N3O5/c1-3-4-5-6-17-11-28-12-18(23(33)27-10-15-7-8-16(25)9-19(15)26)21(31)22(32)20(28)24(34)29(17)14(2)13-30/h6-9,12,14,30,32H,3-5,10-11,13H2,1-2H3,(H,27,33)/b17-6-/t14-/m1/s1. The molecule has 1 aliphatic rings. The second-order valence-corrected chi connectivity index (χ2v) is 8.16. The molecule has 8 nitrogen and oxygen atoms in total. The minimum atomic E-state index is -1.05. The van der Waals surface area contributed by atoms with Crippen molar-refractivity contribution in [1.29, 1.82) is 0 Å². The molecule has 1 atom stereocenters. The number of aliphatic hydroxyl groups is 1. The van der Waals surface area contributed by atoms with Crippen LogP contribution in [0.15, 0.2) is 41.0 Å². The van der Waals surface area contributed by atoms with Gasteiger partial charge in [-0.25, -0.2) is 8.78 Å². The zero-order valence-electron chi connectivity index (χ0n) is 19.0. The maximum atomic E-state index is 13.9. The first kappa shape index (κ1) is 25.1. The Balaban J connectivity index is 1.95. The van der Waals surface area contributed by atoms with Gasteiger partial charge in [-0.2, -0.15) is 0 Å². The summed E-state index contributed by atoms with van der Waals surface area (Å²) in [5.74, 6) is -4.04. The fourth-order valence-corrected chi connectivity index (χ4v) is 3.79. The van der Waals surface area contributed by atoms with Gasteiger partial charge in [0, 0.05) is 30.1 Å². The van der Waals surface area contributed by atoms with Crippen molar-refractivity contribution in [2.45, 2.75) is 52.2 Å². The maximum absolute atomic E-state index is 13.9. The lowest BCUT2D eigenvalue weighted by molar-refractivity contribution is 0.0639. The van der Waals surface area contributed by atoms with Crippen molar-refractivity contribution in [3.63, 3.8) is 0 Å². The third-order valence-corrected chi connectivity index (χ3v) is 5.66. The van der Waals surface area contributed by atoms with Gasteiger partial charge < -0.3 is 25.0 Å². The summed E-state index contributed by atoms with van der Waals surface area (Å²) in [5.41, 5.74) is -1.16. The first-order chi connectivity index (χ1) is 16.2. The van der Waals surface area contributed by atoms with E-state index in [0.717, 1.165) is 18.9 Å². The topological polar surface area (TPSA) is 112 Å². The molecule has 3 N–H and O–H groups in total. The normalized spacial score (nSPS) is 15.4. The Morgan fingerprint density at radius 2 is 2.03 bits per heavy atom. The Morgan fingerprint density at radius 3 is 2.68 bits per heavy atom. The van der Waals surface area contributed by atoms with Crippen LogP contribution in [-0.2, 0) is 13.1 Å². The number of halogens is 2. The summed E-state index contributed by atoms with van der Waals surface area (Å²) in [6.07, 6.45) is 5.56. The molecule has 10 heteroatoms. The van der Waals surface area contributed by atoms with E-state index in [1.54, 1.807) is 6.92 Å². The van der Waals surface area contributed by atoms with E-state index in [9.17, 15) is 33.4 Å². The number of nitrogens with zero attached hydrogens (tertiary/aromatic N) is 2. The Bertz CT molecular complexity index is 1190. The number of benzene rings is 1. The Kier molecular flexibility index (Phi) is 7.83. The molecule has 2 amide bonds. The highest BCUT2D eigenvalue weighted by Gasteiger charge is 2.35. The van der Waals surface area contributed by atoms with Crippen LogP contribution in [0.25, 0.3) is 0 Å². The summed E-state index contributed by atoms with van der Waals surface area (Å²) in [7, 11) is 0. The highest BCUT2D eigenvalue weighted by atomic mass is 19.1. The molecule has 0 spiro atoms. The molecule has 182 valence electrons. The van der Waals surface area contributed by atoms with E-state index in [4.69, 9.17) is 0 Å². The summed E-state index contributed by atoms with van der Waals surface area (Å²) in [4.78, 5) is 39.9. The van der Waals surface area contributed by atoms with Crippen LogP contribution in [0.4, 0.5) is 8.78 Å². The molecule has 0 fully saturated rings. The van der Waals surface area contributed by atoms with Crippen LogP contribution >= 0.6 is 0 Å². The van der Waals surface area contributed by atoms with Gasteiger partial charge in [0.2, 0.25) is 5.43 Å². The minimum absolute atomic E-state index is 0.0157. The summed E-state index contributed by atoms with van der Waals surface area (Å²) in [6, 6.07) is 2.31. The molecule has 1 aromatic heterocycles. The van der Waals surface area contributed by atoms with Gasteiger partial charge in [-0.05, 0) is 19.4 Å². The number of unbranched alkanes of at least 4 members (excludes halogenated alkanes) is 2. The first-order valence-electron chi connectivity index (χ1n) is 11.0. The second-order valence-electron chi connectivity index (χ2n) is 8.16. The molecule has 3 rings (SSSR count). The van der Waals surface area contributed by atoms with Crippen LogP contribution in [0.1, 0.15) is 59.5 Å². The van der Waals surface area contributed by atoms with E-state index in [0.29, 0.717) is 18.2 Å². The lowest BCUT2D eigenvalue weighted by atomic mass is 10.1. The molecule has 2 aromatic rings. The van der Waals surface area contributed by atoms with Gasteiger partial charge in [0.05, 0.1) is 19.2 Å². The van der Waals surface area contributed by atoms with Gasteiger partial charge in [-0.3, -0.25) is 14.4 Å². The molecular weight excluding hydrogens is 448 g/mol. The number of hydrogen-bond acceptors (Lipinski definition) is 5. The molecule has 34 heavy (non-hydrogen) atoms. The SMILES string of the molecule is CCCC/C=C1/Cn2cc(C(=O)NCc3ccc(F)cc3F)c(=O)c(O)c2C(=O)N1[C@H](C)CO. The van der Waals surface area contributed by atoms with E-state index >= 15 is 0 Å². The van der Waals surface area contributed by atoms with Crippen molar-refractivity contribution in [3.8, 4) is 5.75 Å². The molecule has 0 unspecified atom stereocenters. The van der Waals surface area contributed by atoms with Crippen LogP contribution < -0.4 is 10.7 Å². The van der Waals surface area contributed by atoms with Crippen LogP contribution in [0.5, 0.6) is 5.75 Å². The van der Waals surface area contributed by atoms with Crippen LogP contribution in [0.2, 0.25) is 0 Å². The predicted molar refractivity (Wildman–Crippen MR) is 120 cm³/mol.